The highest BCUT2D eigenvalue weighted by atomic mass is 35.5. The predicted molar refractivity (Wildman–Crippen MR) is 75.2 cm³/mol. The molecule has 0 spiro atoms. The van der Waals surface area contributed by atoms with Gasteiger partial charge in [-0.3, -0.25) is 4.79 Å². The molecule has 1 aromatic carbocycles. The van der Waals surface area contributed by atoms with E-state index in [9.17, 15) is 4.79 Å². The molecule has 0 bridgehead atoms. The Balaban J connectivity index is 1.79. The molecule has 1 heterocycles. The molecule has 18 heavy (non-hydrogen) atoms. The number of likely N-dealkylation sites (tertiary alicyclic amines) is 1. The Kier molecular flexibility index (Phi) is 4.79. The Morgan fingerprint density at radius 1 is 1.28 bits per heavy atom. The van der Waals surface area contributed by atoms with Crippen LogP contribution in [0.25, 0.3) is 0 Å². The third kappa shape index (κ3) is 3.82. The third-order valence-electron chi connectivity index (χ3n) is 3.70. The van der Waals surface area contributed by atoms with Gasteiger partial charge in [-0.25, -0.2) is 0 Å². The monoisotopic (exact) mass is 265 g/mol. The molecule has 0 unspecified atom stereocenters. The minimum atomic E-state index is 0.213. The molecule has 0 atom stereocenters. The summed E-state index contributed by atoms with van der Waals surface area (Å²) in [6.07, 6.45) is 3.13. The molecule has 0 aromatic heterocycles. The van der Waals surface area contributed by atoms with Gasteiger partial charge in [-0.05, 0) is 56.1 Å². The Labute approximate surface area is 114 Å². The van der Waals surface area contributed by atoms with Gasteiger partial charge in [0.15, 0.2) is 5.78 Å². The molecule has 0 aliphatic carbocycles. The van der Waals surface area contributed by atoms with E-state index in [4.69, 9.17) is 11.6 Å². The number of halogens is 1. The predicted octanol–water partition coefficient (Wildman–Crippen LogP) is 3.64. The van der Waals surface area contributed by atoms with Crippen LogP contribution in [0, 0.1) is 5.92 Å². The number of piperidine rings is 1. The van der Waals surface area contributed by atoms with Crippen LogP contribution in [0.15, 0.2) is 24.3 Å². The van der Waals surface area contributed by atoms with Crippen molar-refractivity contribution in [1.29, 1.82) is 0 Å². The van der Waals surface area contributed by atoms with Crippen molar-refractivity contribution in [2.45, 2.75) is 26.2 Å². The van der Waals surface area contributed by atoms with E-state index >= 15 is 0 Å². The molecule has 0 N–H and O–H groups in total. The second-order valence-corrected chi connectivity index (χ2v) is 5.64. The fourth-order valence-electron chi connectivity index (χ4n) is 2.33. The van der Waals surface area contributed by atoms with Gasteiger partial charge in [0.2, 0.25) is 0 Å². The zero-order valence-corrected chi connectivity index (χ0v) is 11.6. The van der Waals surface area contributed by atoms with Gasteiger partial charge in [0.1, 0.15) is 0 Å². The summed E-state index contributed by atoms with van der Waals surface area (Å²) in [7, 11) is 0. The van der Waals surface area contributed by atoms with Crippen LogP contribution in [-0.4, -0.2) is 30.3 Å². The lowest BCUT2D eigenvalue weighted by atomic mass is 9.99. The average Bonchev–Trinajstić information content (AvgIpc) is 2.38. The van der Waals surface area contributed by atoms with Crippen LogP contribution >= 0.6 is 11.6 Å². The number of carbonyl (C=O) groups excluding carboxylic acids is 1. The van der Waals surface area contributed by atoms with Crippen molar-refractivity contribution >= 4 is 17.4 Å². The molecule has 0 saturated carbocycles. The van der Waals surface area contributed by atoms with Crippen molar-refractivity contribution < 1.29 is 4.79 Å². The zero-order valence-electron chi connectivity index (χ0n) is 10.9. The van der Waals surface area contributed by atoms with Gasteiger partial charge in [0, 0.05) is 23.6 Å². The topological polar surface area (TPSA) is 20.3 Å². The van der Waals surface area contributed by atoms with E-state index in [2.05, 4.69) is 11.8 Å². The second-order valence-electron chi connectivity index (χ2n) is 5.20. The summed E-state index contributed by atoms with van der Waals surface area (Å²) in [5.41, 5.74) is 0.768. The molecule has 1 fully saturated rings. The van der Waals surface area contributed by atoms with Crippen LogP contribution in [-0.2, 0) is 0 Å². The van der Waals surface area contributed by atoms with Gasteiger partial charge in [0.25, 0.3) is 0 Å². The summed E-state index contributed by atoms with van der Waals surface area (Å²) in [5, 5.41) is 0.677. The maximum Gasteiger partial charge on any atom is 0.164 e. The molecular formula is C15H20ClNO. The summed E-state index contributed by atoms with van der Waals surface area (Å²) in [6, 6.07) is 7.17. The summed E-state index contributed by atoms with van der Waals surface area (Å²) < 4.78 is 0. The Morgan fingerprint density at radius 3 is 2.50 bits per heavy atom. The quantitative estimate of drug-likeness (QED) is 0.775. The Bertz CT molecular complexity index is 393. The number of ketones is 1. The van der Waals surface area contributed by atoms with Gasteiger partial charge in [-0.1, -0.05) is 18.5 Å². The van der Waals surface area contributed by atoms with Crippen LogP contribution < -0.4 is 0 Å². The lowest BCUT2D eigenvalue weighted by Crippen LogP contribution is -2.34. The summed E-state index contributed by atoms with van der Waals surface area (Å²) in [5.74, 6) is 1.05. The smallest absolute Gasteiger partial charge is 0.164 e. The fraction of sp³-hybridized carbons (Fsp3) is 0.533. The van der Waals surface area contributed by atoms with Crippen molar-refractivity contribution in [2.75, 3.05) is 19.6 Å². The SMILES string of the molecule is CC1CCN(CCC(=O)c2ccc(Cl)cc2)CC1. The van der Waals surface area contributed by atoms with Gasteiger partial charge in [-0.15, -0.1) is 0 Å². The standard InChI is InChI=1S/C15H20ClNO/c1-12-6-9-17(10-7-12)11-8-15(18)13-2-4-14(16)5-3-13/h2-5,12H,6-11H2,1H3. The van der Waals surface area contributed by atoms with Crippen LogP contribution in [0.3, 0.4) is 0 Å². The molecule has 3 heteroatoms. The van der Waals surface area contributed by atoms with Crippen molar-refractivity contribution in [3.05, 3.63) is 34.9 Å². The maximum absolute atomic E-state index is 12.0. The van der Waals surface area contributed by atoms with Gasteiger partial charge < -0.3 is 4.90 Å². The molecule has 2 rings (SSSR count). The molecule has 1 aliphatic heterocycles. The largest absolute Gasteiger partial charge is 0.303 e. The van der Waals surface area contributed by atoms with Crippen LogP contribution in [0.5, 0.6) is 0 Å². The molecule has 1 aromatic rings. The number of hydrogen-bond acceptors (Lipinski definition) is 2. The zero-order chi connectivity index (χ0) is 13.0. The van der Waals surface area contributed by atoms with E-state index in [0.29, 0.717) is 11.4 Å². The Morgan fingerprint density at radius 2 is 1.89 bits per heavy atom. The second kappa shape index (κ2) is 6.35. The summed E-state index contributed by atoms with van der Waals surface area (Å²) in [6.45, 7) is 5.45. The minimum absolute atomic E-state index is 0.213. The Hall–Kier alpha value is -0.860. The molecular weight excluding hydrogens is 246 g/mol. The van der Waals surface area contributed by atoms with E-state index in [1.807, 2.05) is 12.1 Å². The normalized spacial score (nSPS) is 17.9. The lowest BCUT2D eigenvalue weighted by molar-refractivity contribution is 0.0953. The van der Waals surface area contributed by atoms with E-state index < -0.39 is 0 Å². The van der Waals surface area contributed by atoms with E-state index in [0.717, 1.165) is 31.1 Å². The highest BCUT2D eigenvalue weighted by molar-refractivity contribution is 6.30. The first-order valence-corrected chi connectivity index (χ1v) is 7.04. The number of rotatable bonds is 4. The first-order valence-electron chi connectivity index (χ1n) is 6.66. The van der Waals surface area contributed by atoms with E-state index in [1.165, 1.54) is 12.8 Å². The summed E-state index contributed by atoms with van der Waals surface area (Å²) in [4.78, 5) is 14.4. The molecule has 1 saturated heterocycles. The fourth-order valence-corrected chi connectivity index (χ4v) is 2.45. The molecule has 1 aliphatic rings. The first-order chi connectivity index (χ1) is 8.65. The van der Waals surface area contributed by atoms with Crippen molar-refractivity contribution in [3.8, 4) is 0 Å². The van der Waals surface area contributed by atoms with Gasteiger partial charge in [-0.2, -0.15) is 0 Å². The van der Waals surface area contributed by atoms with E-state index in [1.54, 1.807) is 12.1 Å². The number of hydrogen-bond donors (Lipinski definition) is 0. The number of carbonyl (C=O) groups is 1. The van der Waals surface area contributed by atoms with Crippen molar-refractivity contribution in [1.82, 2.24) is 4.90 Å². The number of Topliss-reactive ketones (excluding diaryl/α,β-unsaturated/α-hetero) is 1. The molecule has 0 amide bonds. The van der Waals surface area contributed by atoms with E-state index in [-0.39, 0.29) is 5.78 Å². The summed E-state index contributed by atoms with van der Waals surface area (Å²) >= 11 is 5.81. The highest BCUT2D eigenvalue weighted by Gasteiger charge is 2.16. The molecule has 98 valence electrons. The van der Waals surface area contributed by atoms with Crippen LogP contribution in [0.4, 0.5) is 0 Å². The van der Waals surface area contributed by atoms with Crippen LogP contribution in [0.1, 0.15) is 36.5 Å². The van der Waals surface area contributed by atoms with Crippen molar-refractivity contribution in [2.24, 2.45) is 5.92 Å². The number of nitrogens with zero attached hydrogens (tertiary/aromatic N) is 1. The van der Waals surface area contributed by atoms with Gasteiger partial charge >= 0.3 is 0 Å². The average molecular weight is 266 g/mol. The lowest BCUT2D eigenvalue weighted by Gasteiger charge is -2.29. The van der Waals surface area contributed by atoms with Gasteiger partial charge in [0.05, 0.1) is 0 Å². The minimum Gasteiger partial charge on any atom is -0.303 e. The van der Waals surface area contributed by atoms with Crippen LogP contribution in [0.2, 0.25) is 5.02 Å². The number of benzene rings is 1. The molecule has 2 nitrogen and oxygen atoms in total. The third-order valence-corrected chi connectivity index (χ3v) is 3.95. The first kappa shape index (κ1) is 13.6. The molecule has 0 radical (unpaired) electrons. The van der Waals surface area contributed by atoms with Crippen molar-refractivity contribution in [3.63, 3.8) is 0 Å². The maximum atomic E-state index is 12.0. The highest BCUT2D eigenvalue weighted by Crippen LogP contribution is 2.17.